The number of hydrogen-bond acceptors (Lipinski definition) is 3. The number of likely N-dealkylation sites (N-methyl/N-ethyl adjacent to an activating group) is 1. The zero-order valence-corrected chi connectivity index (χ0v) is 11.5. The van der Waals surface area contributed by atoms with Gasteiger partial charge in [-0.05, 0) is 12.5 Å². The Bertz CT molecular complexity index is 458. The molecule has 1 atom stereocenters. The van der Waals surface area contributed by atoms with Gasteiger partial charge in [0.2, 0.25) is 0 Å². The molecule has 108 valence electrons. The summed E-state index contributed by atoms with van der Waals surface area (Å²) < 4.78 is 4.92. The quantitative estimate of drug-likeness (QED) is 0.777. The average molecular weight is 277 g/mol. The van der Waals surface area contributed by atoms with Crippen molar-refractivity contribution in [1.82, 2.24) is 4.90 Å². The number of carbonyl (C=O) groups excluding carboxylic acids is 1. The highest BCUT2D eigenvalue weighted by molar-refractivity contribution is 5.80. The molecule has 0 aromatic heterocycles. The average Bonchev–Trinajstić information content (AvgIpc) is 2.45. The summed E-state index contributed by atoms with van der Waals surface area (Å²) in [6.45, 7) is 5.50. The lowest BCUT2D eigenvalue weighted by molar-refractivity contribution is -0.142. The molecule has 0 bridgehead atoms. The predicted octanol–water partition coefficient (Wildman–Crippen LogP) is 2.33. The van der Waals surface area contributed by atoms with Gasteiger partial charge in [-0.2, -0.15) is 0 Å². The lowest BCUT2D eigenvalue weighted by Gasteiger charge is -2.26. The summed E-state index contributed by atoms with van der Waals surface area (Å²) in [6, 6.07) is 8.24. The summed E-state index contributed by atoms with van der Waals surface area (Å²) in [7, 11) is 0. The fraction of sp³-hybridized carbons (Fsp3) is 0.333. The van der Waals surface area contributed by atoms with Gasteiger partial charge in [-0.25, -0.2) is 9.59 Å². The van der Waals surface area contributed by atoms with Crippen molar-refractivity contribution in [2.24, 2.45) is 0 Å². The Hall–Kier alpha value is -2.30. The second-order valence-electron chi connectivity index (χ2n) is 4.20. The van der Waals surface area contributed by atoms with Gasteiger partial charge >= 0.3 is 12.1 Å². The summed E-state index contributed by atoms with van der Waals surface area (Å²) in [5, 5.41) is 9.34. The van der Waals surface area contributed by atoms with E-state index in [2.05, 4.69) is 6.58 Å². The topological polar surface area (TPSA) is 66.8 Å². The van der Waals surface area contributed by atoms with Crippen molar-refractivity contribution >= 4 is 12.1 Å². The van der Waals surface area contributed by atoms with Crippen LogP contribution in [0.5, 0.6) is 0 Å². The van der Waals surface area contributed by atoms with Crippen LogP contribution in [-0.2, 0) is 16.0 Å². The summed E-state index contributed by atoms with van der Waals surface area (Å²) in [5.74, 6) is -1.05. The number of carbonyl (C=O) groups is 2. The van der Waals surface area contributed by atoms with Gasteiger partial charge in [0.1, 0.15) is 12.6 Å². The van der Waals surface area contributed by atoms with Crippen LogP contribution in [0, 0.1) is 0 Å². The molecule has 20 heavy (non-hydrogen) atoms. The van der Waals surface area contributed by atoms with Crippen molar-refractivity contribution in [3.05, 3.63) is 48.6 Å². The van der Waals surface area contributed by atoms with E-state index in [-0.39, 0.29) is 19.6 Å². The monoisotopic (exact) mass is 277 g/mol. The van der Waals surface area contributed by atoms with Gasteiger partial charge in [0.25, 0.3) is 0 Å². The molecule has 1 amide bonds. The minimum atomic E-state index is -1.05. The highest BCUT2D eigenvalue weighted by atomic mass is 16.6. The van der Waals surface area contributed by atoms with Crippen molar-refractivity contribution in [2.75, 3.05) is 13.2 Å². The normalized spacial score (nSPS) is 11.4. The van der Waals surface area contributed by atoms with Gasteiger partial charge in [-0.3, -0.25) is 4.90 Å². The van der Waals surface area contributed by atoms with Crippen LogP contribution in [0.1, 0.15) is 12.5 Å². The maximum Gasteiger partial charge on any atom is 0.410 e. The summed E-state index contributed by atoms with van der Waals surface area (Å²) in [5.41, 5.74) is 0.856. The van der Waals surface area contributed by atoms with Gasteiger partial charge in [-0.15, -0.1) is 0 Å². The van der Waals surface area contributed by atoms with Crippen LogP contribution in [0.4, 0.5) is 4.79 Å². The molecule has 0 aliphatic carbocycles. The summed E-state index contributed by atoms with van der Waals surface area (Å²) in [4.78, 5) is 24.5. The summed E-state index contributed by atoms with van der Waals surface area (Å²) in [6.07, 6.45) is 1.04. The highest BCUT2D eigenvalue weighted by Crippen LogP contribution is 2.11. The molecule has 0 aliphatic heterocycles. The zero-order chi connectivity index (χ0) is 15.0. The molecule has 0 heterocycles. The van der Waals surface area contributed by atoms with E-state index in [9.17, 15) is 14.7 Å². The lowest BCUT2D eigenvalue weighted by Crippen LogP contribution is -2.46. The van der Waals surface area contributed by atoms with E-state index in [1.165, 1.54) is 11.0 Å². The molecule has 1 aromatic carbocycles. The molecule has 1 N–H and O–H groups in total. The first-order chi connectivity index (χ1) is 9.60. The third-order valence-electron chi connectivity index (χ3n) is 2.83. The number of carboxylic acids is 1. The van der Waals surface area contributed by atoms with Gasteiger partial charge in [0.15, 0.2) is 0 Å². The van der Waals surface area contributed by atoms with E-state index in [1.807, 2.05) is 30.3 Å². The van der Waals surface area contributed by atoms with Crippen LogP contribution in [0.25, 0.3) is 0 Å². The number of carboxylic acid groups (broad SMARTS) is 1. The Labute approximate surface area is 118 Å². The number of nitrogens with zero attached hydrogens (tertiary/aromatic N) is 1. The Morgan fingerprint density at radius 3 is 2.55 bits per heavy atom. The van der Waals surface area contributed by atoms with Crippen molar-refractivity contribution < 1.29 is 19.4 Å². The number of rotatable bonds is 7. The van der Waals surface area contributed by atoms with Gasteiger partial charge < -0.3 is 9.84 Å². The number of benzene rings is 1. The Balaban J connectivity index is 2.84. The lowest BCUT2D eigenvalue weighted by atomic mass is 10.1. The molecular formula is C15H19NO4. The first kappa shape index (κ1) is 15.8. The second-order valence-corrected chi connectivity index (χ2v) is 4.20. The fourth-order valence-electron chi connectivity index (χ4n) is 1.86. The maximum absolute atomic E-state index is 11.9. The molecule has 0 unspecified atom stereocenters. The van der Waals surface area contributed by atoms with E-state index in [0.29, 0.717) is 0 Å². The Morgan fingerprint density at radius 2 is 2.05 bits per heavy atom. The van der Waals surface area contributed by atoms with Gasteiger partial charge in [0, 0.05) is 13.0 Å². The third-order valence-corrected chi connectivity index (χ3v) is 2.83. The molecule has 1 aromatic rings. The van der Waals surface area contributed by atoms with Crippen LogP contribution in [0.3, 0.4) is 0 Å². The van der Waals surface area contributed by atoms with Crippen molar-refractivity contribution in [1.29, 1.82) is 0 Å². The SMILES string of the molecule is C=CCOC(=O)N(CC)[C@H](Cc1ccccc1)C(=O)O. The standard InChI is InChI=1S/C15H19NO4/c1-3-10-20-15(19)16(4-2)13(14(17)18)11-12-8-6-5-7-9-12/h3,5-9,13H,1,4,10-11H2,2H3,(H,17,18)/t13-/m1/s1. The van der Waals surface area contributed by atoms with Gasteiger partial charge in [0.05, 0.1) is 0 Å². The Morgan fingerprint density at radius 1 is 1.40 bits per heavy atom. The van der Waals surface area contributed by atoms with E-state index in [4.69, 9.17) is 4.74 Å². The maximum atomic E-state index is 11.9. The first-order valence-corrected chi connectivity index (χ1v) is 6.41. The first-order valence-electron chi connectivity index (χ1n) is 6.41. The smallest absolute Gasteiger partial charge is 0.410 e. The third kappa shape index (κ3) is 4.42. The molecule has 0 fully saturated rings. The number of amides is 1. The van der Waals surface area contributed by atoms with Crippen LogP contribution < -0.4 is 0 Å². The van der Waals surface area contributed by atoms with Crippen LogP contribution >= 0.6 is 0 Å². The van der Waals surface area contributed by atoms with Crippen molar-refractivity contribution in [2.45, 2.75) is 19.4 Å². The fourth-order valence-corrected chi connectivity index (χ4v) is 1.86. The van der Waals surface area contributed by atoms with E-state index >= 15 is 0 Å². The molecule has 0 radical (unpaired) electrons. The summed E-state index contributed by atoms with van der Waals surface area (Å²) >= 11 is 0. The molecule has 0 saturated heterocycles. The van der Waals surface area contributed by atoms with Crippen LogP contribution in [0.2, 0.25) is 0 Å². The molecular weight excluding hydrogens is 258 g/mol. The number of ether oxygens (including phenoxy) is 1. The van der Waals surface area contributed by atoms with Crippen molar-refractivity contribution in [3.63, 3.8) is 0 Å². The molecule has 0 saturated carbocycles. The molecule has 1 rings (SSSR count). The molecule has 0 spiro atoms. The van der Waals surface area contributed by atoms with Crippen LogP contribution in [-0.4, -0.2) is 41.3 Å². The highest BCUT2D eigenvalue weighted by Gasteiger charge is 2.29. The molecule has 5 nitrogen and oxygen atoms in total. The minimum absolute atomic E-state index is 0.0625. The molecule has 5 heteroatoms. The van der Waals surface area contributed by atoms with E-state index < -0.39 is 18.1 Å². The van der Waals surface area contributed by atoms with Gasteiger partial charge in [-0.1, -0.05) is 43.0 Å². The Kier molecular flexibility index (Phi) is 6.29. The predicted molar refractivity (Wildman–Crippen MR) is 75.5 cm³/mol. The largest absolute Gasteiger partial charge is 0.480 e. The number of aliphatic carboxylic acids is 1. The zero-order valence-electron chi connectivity index (χ0n) is 11.5. The van der Waals surface area contributed by atoms with Crippen LogP contribution in [0.15, 0.2) is 43.0 Å². The van der Waals surface area contributed by atoms with Crippen molar-refractivity contribution in [3.8, 4) is 0 Å². The number of hydrogen-bond donors (Lipinski definition) is 1. The second kappa shape index (κ2) is 7.99. The molecule has 0 aliphatic rings. The van der Waals surface area contributed by atoms with E-state index in [0.717, 1.165) is 5.56 Å². The van der Waals surface area contributed by atoms with E-state index in [1.54, 1.807) is 6.92 Å². The minimum Gasteiger partial charge on any atom is -0.480 e.